The van der Waals surface area contributed by atoms with Crippen molar-refractivity contribution < 1.29 is 19.1 Å². The maximum absolute atomic E-state index is 13.0. The molecule has 0 fully saturated rings. The third-order valence-electron chi connectivity index (χ3n) is 4.73. The molecule has 2 N–H and O–H groups in total. The van der Waals surface area contributed by atoms with Gasteiger partial charge in [-0.1, -0.05) is 48.6 Å². The van der Waals surface area contributed by atoms with Gasteiger partial charge in [-0.15, -0.1) is 0 Å². The number of primary amides is 1. The van der Waals surface area contributed by atoms with Crippen LogP contribution in [0.4, 0.5) is 0 Å². The lowest BCUT2D eigenvalue weighted by Crippen LogP contribution is -2.42. The molecule has 0 saturated carbocycles. The molecular formula is C22H24N2O4. The van der Waals surface area contributed by atoms with Gasteiger partial charge in [0.15, 0.2) is 5.76 Å². The van der Waals surface area contributed by atoms with E-state index in [0.717, 1.165) is 24.0 Å². The molecule has 2 aliphatic rings. The topological polar surface area (TPSA) is 81.9 Å². The van der Waals surface area contributed by atoms with Gasteiger partial charge >= 0.3 is 0 Å². The quantitative estimate of drug-likeness (QED) is 0.788. The second-order valence-corrected chi connectivity index (χ2v) is 6.79. The molecule has 1 heterocycles. The minimum atomic E-state index is -0.463. The zero-order valence-electron chi connectivity index (χ0n) is 15.8. The molecule has 6 nitrogen and oxygen atoms in total. The second-order valence-electron chi connectivity index (χ2n) is 6.79. The van der Waals surface area contributed by atoms with Crippen LogP contribution in [0, 0.1) is 0 Å². The number of amides is 2. The summed E-state index contributed by atoms with van der Waals surface area (Å²) >= 11 is 0. The third kappa shape index (κ3) is 4.91. The molecule has 0 unspecified atom stereocenters. The second kappa shape index (κ2) is 9.08. The monoisotopic (exact) mass is 380 g/mol. The van der Waals surface area contributed by atoms with Crippen LogP contribution in [-0.2, 0) is 25.5 Å². The number of rotatable bonds is 7. The summed E-state index contributed by atoms with van der Waals surface area (Å²) in [6, 6.07) is 9.28. The molecule has 0 spiro atoms. The van der Waals surface area contributed by atoms with Gasteiger partial charge in [0.2, 0.25) is 11.7 Å². The summed E-state index contributed by atoms with van der Waals surface area (Å²) in [6.07, 6.45) is 11.1. The maximum Gasteiger partial charge on any atom is 0.292 e. The average molecular weight is 380 g/mol. The highest BCUT2D eigenvalue weighted by Gasteiger charge is 2.28. The first-order valence-corrected chi connectivity index (χ1v) is 9.23. The van der Waals surface area contributed by atoms with Crippen LogP contribution in [0.15, 0.2) is 78.2 Å². The van der Waals surface area contributed by atoms with Gasteiger partial charge in [-0.2, -0.15) is 0 Å². The zero-order valence-corrected chi connectivity index (χ0v) is 15.8. The SMILES string of the molecule is CN(C(=O)C1=COC=C(C2=CC=CCC2)O1)[C@H](CC(N)=O)Cc1ccccc1. The number of nitrogens with zero attached hydrogens (tertiary/aromatic N) is 1. The van der Waals surface area contributed by atoms with Gasteiger partial charge in [0.05, 0.1) is 0 Å². The van der Waals surface area contributed by atoms with Crippen molar-refractivity contribution in [2.75, 3.05) is 7.05 Å². The van der Waals surface area contributed by atoms with Crippen LogP contribution in [0.1, 0.15) is 24.8 Å². The first kappa shape index (κ1) is 19.5. The number of benzene rings is 1. The van der Waals surface area contributed by atoms with Crippen LogP contribution in [0.25, 0.3) is 0 Å². The Morgan fingerprint density at radius 1 is 1.21 bits per heavy atom. The van der Waals surface area contributed by atoms with Crippen molar-refractivity contribution in [3.8, 4) is 0 Å². The van der Waals surface area contributed by atoms with Crippen molar-refractivity contribution in [2.45, 2.75) is 31.7 Å². The number of hydrogen-bond acceptors (Lipinski definition) is 4. The molecule has 1 aromatic carbocycles. The molecule has 0 bridgehead atoms. The lowest BCUT2D eigenvalue weighted by Gasteiger charge is -2.29. The highest BCUT2D eigenvalue weighted by molar-refractivity contribution is 5.92. The number of likely N-dealkylation sites (N-methyl/N-ethyl adjacent to an activating group) is 1. The van der Waals surface area contributed by atoms with E-state index >= 15 is 0 Å². The number of allylic oxidation sites excluding steroid dienone is 4. The Balaban J connectivity index is 1.71. The van der Waals surface area contributed by atoms with Crippen molar-refractivity contribution in [2.24, 2.45) is 5.73 Å². The van der Waals surface area contributed by atoms with Crippen LogP contribution in [-0.4, -0.2) is 29.8 Å². The zero-order chi connectivity index (χ0) is 19.9. The van der Waals surface area contributed by atoms with Crippen molar-refractivity contribution in [1.82, 2.24) is 4.90 Å². The summed E-state index contributed by atoms with van der Waals surface area (Å²) < 4.78 is 11.1. The smallest absolute Gasteiger partial charge is 0.292 e. The van der Waals surface area contributed by atoms with Gasteiger partial charge in [0, 0.05) is 19.5 Å². The first-order valence-electron chi connectivity index (χ1n) is 9.23. The highest BCUT2D eigenvalue weighted by Crippen LogP contribution is 2.27. The lowest BCUT2D eigenvalue weighted by atomic mass is 10.0. The molecule has 1 aromatic rings. The van der Waals surface area contributed by atoms with Crippen molar-refractivity contribution in [3.63, 3.8) is 0 Å². The minimum Gasteiger partial charge on any atom is -0.465 e. The molecule has 0 saturated heterocycles. The molecule has 1 atom stereocenters. The molecule has 3 rings (SSSR count). The molecule has 6 heteroatoms. The van der Waals surface area contributed by atoms with Crippen LogP contribution in [0.5, 0.6) is 0 Å². The molecule has 2 amide bonds. The number of carbonyl (C=O) groups is 2. The Morgan fingerprint density at radius 3 is 2.68 bits per heavy atom. The van der Waals surface area contributed by atoms with Gasteiger partial charge in [-0.3, -0.25) is 9.59 Å². The van der Waals surface area contributed by atoms with E-state index in [1.165, 1.54) is 17.4 Å². The summed E-state index contributed by atoms with van der Waals surface area (Å²) in [6.45, 7) is 0. The summed E-state index contributed by atoms with van der Waals surface area (Å²) in [5.41, 5.74) is 7.40. The number of nitrogens with two attached hydrogens (primary N) is 1. The lowest BCUT2D eigenvalue weighted by molar-refractivity contribution is -0.132. The average Bonchev–Trinajstić information content (AvgIpc) is 2.73. The fourth-order valence-electron chi connectivity index (χ4n) is 3.17. The van der Waals surface area contributed by atoms with Crippen LogP contribution >= 0.6 is 0 Å². The number of ether oxygens (including phenoxy) is 2. The van der Waals surface area contributed by atoms with Crippen molar-refractivity contribution >= 4 is 11.8 Å². The third-order valence-corrected chi connectivity index (χ3v) is 4.73. The van der Waals surface area contributed by atoms with E-state index in [2.05, 4.69) is 6.08 Å². The molecule has 146 valence electrons. The Bertz CT molecular complexity index is 853. The van der Waals surface area contributed by atoms with Crippen LogP contribution < -0.4 is 5.73 Å². The molecule has 1 aliphatic heterocycles. The van der Waals surface area contributed by atoms with E-state index in [0.29, 0.717) is 12.2 Å². The van der Waals surface area contributed by atoms with Crippen molar-refractivity contribution in [1.29, 1.82) is 0 Å². The number of carbonyl (C=O) groups excluding carboxylic acids is 2. The van der Waals surface area contributed by atoms with E-state index in [9.17, 15) is 9.59 Å². The van der Waals surface area contributed by atoms with Gasteiger partial charge < -0.3 is 20.1 Å². The first-order chi connectivity index (χ1) is 13.5. The van der Waals surface area contributed by atoms with E-state index in [4.69, 9.17) is 15.2 Å². The van der Waals surface area contributed by atoms with Gasteiger partial charge in [-0.25, -0.2) is 0 Å². The van der Waals surface area contributed by atoms with Gasteiger partial charge in [-0.05, 0) is 30.4 Å². The molecule has 28 heavy (non-hydrogen) atoms. The number of hydrogen-bond donors (Lipinski definition) is 1. The molecular weight excluding hydrogens is 356 g/mol. The standard InChI is InChI=1S/C22H24N2O4/c1-24(18(13-21(23)25)12-16-8-4-2-5-9-16)22(26)20-15-27-14-19(28-20)17-10-6-3-7-11-17/h2-6,8-10,14-15,18H,7,11-13H2,1H3,(H2,23,25)/t18-/m0/s1. The van der Waals surface area contributed by atoms with E-state index in [-0.39, 0.29) is 24.1 Å². The van der Waals surface area contributed by atoms with E-state index < -0.39 is 5.91 Å². The minimum absolute atomic E-state index is 0.0594. The molecule has 0 radical (unpaired) electrons. The molecule has 1 aliphatic carbocycles. The Kier molecular flexibility index (Phi) is 6.32. The summed E-state index contributed by atoms with van der Waals surface area (Å²) in [7, 11) is 1.64. The Labute approximate surface area is 164 Å². The Hall–Kier alpha value is -3.28. The maximum atomic E-state index is 13.0. The summed E-state index contributed by atoms with van der Waals surface area (Å²) in [5.74, 6) is -0.217. The van der Waals surface area contributed by atoms with Crippen molar-refractivity contribution in [3.05, 3.63) is 83.7 Å². The fourth-order valence-corrected chi connectivity index (χ4v) is 3.17. The van der Waals surface area contributed by atoms with E-state index in [1.54, 1.807) is 7.05 Å². The van der Waals surface area contributed by atoms with Gasteiger partial charge in [0.1, 0.15) is 12.5 Å². The fraction of sp³-hybridized carbons (Fsp3) is 0.273. The summed E-state index contributed by atoms with van der Waals surface area (Å²) in [5, 5.41) is 0. The predicted molar refractivity (Wildman–Crippen MR) is 105 cm³/mol. The van der Waals surface area contributed by atoms with Gasteiger partial charge in [0.25, 0.3) is 5.91 Å². The van der Waals surface area contributed by atoms with Crippen LogP contribution in [0.3, 0.4) is 0 Å². The van der Waals surface area contributed by atoms with Crippen LogP contribution in [0.2, 0.25) is 0 Å². The summed E-state index contributed by atoms with van der Waals surface area (Å²) in [4.78, 5) is 26.0. The highest BCUT2D eigenvalue weighted by atomic mass is 16.5. The largest absolute Gasteiger partial charge is 0.465 e. The molecule has 0 aromatic heterocycles. The normalized spacial score (nSPS) is 16.7. The Morgan fingerprint density at radius 2 is 2.00 bits per heavy atom. The predicted octanol–water partition coefficient (Wildman–Crippen LogP) is 2.94. The van der Waals surface area contributed by atoms with E-state index in [1.807, 2.05) is 42.5 Å².